The summed E-state index contributed by atoms with van der Waals surface area (Å²) in [4.78, 5) is 25.7. The lowest BCUT2D eigenvalue weighted by atomic mass is 10.0. The Bertz CT molecular complexity index is 1250. The highest BCUT2D eigenvalue weighted by Crippen LogP contribution is 2.58. The van der Waals surface area contributed by atoms with E-state index in [0.29, 0.717) is 19.3 Å². The summed E-state index contributed by atoms with van der Waals surface area (Å²) in [5.74, 6) is -4.41. The third-order valence-corrected chi connectivity index (χ3v) is 5.89. The fraction of sp³-hybridized carbons (Fsp3) is 0.381. The van der Waals surface area contributed by atoms with Crippen molar-refractivity contribution in [3.63, 3.8) is 0 Å². The third kappa shape index (κ3) is 3.28. The van der Waals surface area contributed by atoms with Crippen molar-refractivity contribution in [2.24, 2.45) is 7.05 Å². The molecule has 1 saturated carbocycles. The van der Waals surface area contributed by atoms with Gasteiger partial charge in [-0.25, -0.2) is 19.6 Å². The second-order valence-electron chi connectivity index (χ2n) is 8.43. The molecule has 1 aliphatic carbocycles. The number of aromatic nitrogens is 5. The first kappa shape index (κ1) is 20.4. The van der Waals surface area contributed by atoms with Crippen LogP contribution in [-0.2, 0) is 23.2 Å². The normalized spacial score (nSPS) is 16.4. The van der Waals surface area contributed by atoms with Crippen LogP contribution in [-0.4, -0.2) is 37.2 Å². The molecule has 1 N–H and O–H groups in total. The van der Waals surface area contributed by atoms with E-state index in [-0.39, 0.29) is 28.4 Å². The number of pyridine rings is 1. The summed E-state index contributed by atoms with van der Waals surface area (Å²) < 4.78 is 44.1. The highest BCUT2D eigenvalue weighted by Gasteiger charge is 2.53. The molecule has 0 radical (unpaired) electrons. The van der Waals surface area contributed by atoms with Gasteiger partial charge in [-0.15, -0.1) is 0 Å². The van der Waals surface area contributed by atoms with Crippen molar-refractivity contribution >= 4 is 23.2 Å². The molecular weight excluding hydrogens is 423 g/mol. The maximum atomic E-state index is 14.5. The van der Waals surface area contributed by atoms with Gasteiger partial charge in [0.2, 0.25) is 17.7 Å². The lowest BCUT2D eigenvalue weighted by molar-refractivity contribution is -0.114. The second kappa shape index (κ2) is 6.75. The smallest absolute Gasteiger partial charge is 0.303 e. The number of hydrogen-bond acceptors (Lipinski definition) is 6. The Balaban J connectivity index is 1.66. The monoisotopic (exact) mass is 443 g/mol. The van der Waals surface area contributed by atoms with E-state index in [1.807, 2.05) is 4.90 Å². The lowest BCUT2D eigenvalue weighted by Crippen LogP contribution is -2.23. The molecule has 5 rings (SSSR count). The molecule has 0 atom stereocenters. The van der Waals surface area contributed by atoms with Crippen LogP contribution in [0.25, 0.3) is 11.3 Å². The predicted molar refractivity (Wildman–Crippen MR) is 110 cm³/mol. The molecule has 1 aliphatic heterocycles. The summed E-state index contributed by atoms with van der Waals surface area (Å²) in [5.41, 5.74) is 1.60. The van der Waals surface area contributed by atoms with Gasteiger partial charge in [0.05, 0.1) is 23.1 Å². The number of nitrogens with zero attached hydrogens (tertiary/aromatic N) is 6. The Morgan fingerprint density at radius 3 is 2.56 bits per heavy atom. The van der Waals surface area contributed by atoms with Gasteiger partial charge in [-0.1, -0.05) is 0 Å². The SMILES string of the molecule is CC(=O)Nc1cc2c(cn1)C1(CC1)CN2c1cc(-c2cnn(C)c2F)nc(C(C)(F)F)n1. The van der Waals surface area contributed by atoms with Crippen LogP contribution in [0.3, 0.4) is 0 Å². The number of rotatable bonds is 4. The number of aryl methyl sites for hydroxylation is 1. The van der Waals surface area contributed by atoms with E-state index in [0.717, 1.165) is 28.8 Å². The van der Waals surface area contributed by atoms with Gasteiger partial charge in [-0.2, -0.15) is 18.3 Å². The van der Waals surface area contributed by atoms with E-state index in [1.54, 1.807) is 12.3 Å². The first-order chi connectivity index (χ1) is 15.1. The van der Waals surface area contributed by atoms with Crippen LogP contribution >= 0.6 is 0 Å². The van der Waals surface area contributed by atoms with Crippen molar-refractivity contribution in [3.8, 4) is 11.3 Å². The molecule has 0 bridgehead atoms. The Labute approximate surface area is 181 Å². The van der Waals surface area contributed by atoms with Gasteiger partial charge in [-0.3, -0.25) is 4.79 Å². The van der Waals surface area contributed by atoms with Gasteiger partial charge in [0.15, 0.2) is 0 Å². The summed E-state index contributed by atoms with van der Waals surface area (Å²) in [6, 6.07) is 3.19. The molecule has 32 heavy (non-hydrogen) atoms. The zero-order valence-corrected chi connectivity index (χ0v) is 17.7. The molecule has 0 unspecified atom stereocenters. The minimum absolute atomic E-state index is 0.0101. The van der Waals surface area contributed by atoms with Gasteiger partial charge in [-0.05, 0) is 12.8 Å². The van der Waals surface area contributed by atoms with E-state index in [4.69, 9.17) is 0 Å². The predicted octanol–water partition coefficient (Wildman–Crippen LogP) is 3.66. The van der Waals surface area contributed by atoms with Crippen LogP contribution in [0.5, 0.6) is 0 Å². The van der Waals surface area contributed by atoms with Crippen LogP contribution in [0.15, 0.2) is 24.5 Å². The first-order valence-electron chi connectivity index (χ1n) is 10.1. The van der Waals surface area contributed by atoms with Crippen molar-refractivity contribution in [1.82, 2.24) is 24.7 Å². The average Bonchev–Trinajstić information content (AvgIpc) is 3.33. The molecule has 3 aromatic heterocycles. The highest BCUT2D eigenvalue weighted by atomic mass is 19.3. The molecule has 8 nitrogen and oxygen atoms in total. The Hall–Kier alpha value is -3.50. The van der Waals surface area contributed by atoms with Gasteiger partial charge >= 0.3 is 5.92 Å². The molecule has 4 heterocycles. The minimum Gasteiger partial charge on any atom is -0.325 e. The molecule has 11 heteroatoms. The average molecular weight is 443 g/mol. The van der Waals surface area contributed by atoms with Crippen molar-refractivity contribution < 1.29 is 18.0 Å². The molecule has 1 spiro atoms. The maximum Gasteiger partial charge on any atom is 0.303 e. The Morgan fingerprint density at radius 2 is 1.97 bits per heavy atom. The number of alkyl halides is 2. The van der Waals surface area contributed by atoms with Gasteiger partial charge in [0.25, 0.3) is 0 Å². The number of carbonyl (C=O) groups is 1. The molecule has 1 fully saturated rings. The van der Waals surface area contributed by atoms with E-state index in [1.165, 1.54) is 26.2 Å². The topological polar surface area (TPSA) is 88.8 Å². The number of amides is 1. The van der Waals surface area contributed by atoms with Gasteiger partial charge in [0, 0.05) is 56.7 Å². The van der Waals surface area contributed by atoms with Crippen molar-refractivity contribution in [3.05, 3.63) is 41.9 Å². The van der Waals surface area contributed by atoms with Gasteiger partial charge < -0.3 is 10.2 Å². The summed E-state index contributed by atoms with van der Waals surface area (Å²) in [7, 11) is 1.42. The summed E-state index contributed by atoms with van der Waals surface area (Å²) in [6.07, 6.45) is 4.83. The Kier molecular flexibility index (Phi) is 4.30. The molecular formula is C21H20F3N7O. The number of hydrogen-bond donors (Lipinski definition) is 1. The molecule has 3 aromatic rings. The highest BCUT2D eigenvalue weighted by molar-refractivity contribution is 5.89. The quantitative estimate of drug-likeness (QED) is 0.662. The van der Waals surface area contributed by atoms with E-state index in [2.05, 4.69) is 25.4 Å². The van der Waals surface area contributed by atoms with Crippen molar-refractivity contribution in [1.29, 1.82) is 0 Å². The molecule has 0 aromatic carbocycles. The largest absolute Gasteiger partial charge is 0.325 e. The lowest BCUT2D eigenvalue weighted by Gasteiger charge is -2.21. The molecule has 0 saturated heterocycles. The second-order valence-corrected chi connectivity index (χ2v) is 8.43. The first-order valence-corrected chi connectivity index (χ1v) is 10.1. The third-order valence-electron chi connectivity index (χ3n) is 5.89. The van der Waals surface area contributed by atoms with E-state index in [9.17, 15) is 18.0 Å². The number of nitrogens with one attached hydrogen (secondary N) is 1. The number of fused-ring (bicyclic) bond motifs is 2. The molecule has 166 valence electrons. The van der Waals surface area contributed by atoms with Crippen LogP contribution in [0, 0.1) is 5.95 Å². The fourth-order valence-corrected chi connectivity index (χ4v) is 4.08. The standard InChI is InChI=1S/C21H20F3N7O/c1-11(32)27-16-7-15-13(9-25-16)21(4-5-21)10-31(15)17-6-14(12-8-26-30(3)18(12)22)28-19(29-17)20(2,23)24/h6-9H,4-5,10H2,1-3H3,(H,25,27,32). The fourth-order valence-electron chi connectivity index (χ4n) is 4.08. The maximum absolute atomic E-state index is 14.5. The number of anilines is 3. The summed E-state index contributed by atoms with van der Waals surface area (Å²) in [6.45, 7) is 2.60. The molecule has 1 amide bonds. The number of halogens is 3. The number of carbonyl (C=O) groups excluding carboxylic acids is 1. The van der Waals surface area contributed by atoms with Crippen molar-refractivity contribution in [2.45, 2.75) is 38.0 Å². The van der Waals surface area contributed by atoms with Crippen LogP contribution < -0.4 is 10.2 Å². The minimum atomic E-state index is -3.33. The Morgan fingerprint density at radius 1 is 1.22 bits per heavy atom. The summed E-state index contributed by atoms with van der Waals surface area (Å²) >= 11 is 0. The van der Waals surface area contributed by atoms with E-state index < -0.39 is 17.7 Å². The molecule has 2 aliphatic rings. The zero-order chi connectivity index (χ0) is 22.8. The van der Waals surface area contributed by atoms with E-state index >= 15 is 0 Å². The van der Waals surface area contributed by atoms with Gasteiger partial charge in [0.1, 0.15) is 11.6 Å². The van der Waals surface area contributed by atoms with Crippen LogP contribution in [0.4, 0.5) is 30.5 Å². The zero-order valence-electron chi connectivity index (χ0n) is 17.7. The van der Waals surface area contributed by atoms with Crippen LogP contribution in [0.2, 0.25) is 0 Å². The van der Waals surface area contributed by atoms with Crippen molar-refractivity contribution in [2.75, 3.05) is 16.8 Å². The summed E-state index contributed by atoms with van der Waals surface area (Å²) in [5, 5.41) is 6.50. The van der Waals surface area contributed by atoms with Crippen LogP contribution in [0.1, 0.15) is 38.1 Å².